The van der Waals surface area contributed by atoms with Crippen LogP contribution in [-0.2, 0) is 9.59 Å². The first-order valence-corrected chi connectivity index (χ1v) is 9.42. The molecule has 2 rings (SSSR count). The number of carbonyl (C=O) groups is 2. The van der Waals surface area contributed by atoms with Gasteiger partial charge in [-0.05, 0) is 49.2 Å². The molecular formula is C22H31N4O2+. The van der Waals surface area contributed by atoms with Crippen molar-refractivity contribution in [2.75, 3.05) is 45.0 Å². The van der Waals surface area contributed by atoms with E-state index in [-0.39, 0.29) is 6.04 Å². The quantitative estimate of drug-likeness (QED) is 0.659. The second-order valence-corrected chi connectivity index (χ2v) is 7.58. The number of hydrogen-bond acceptors (Lipinski definition) is 3. The predicted octanol–water partition coefficient (Wildman–Crippen LogP) is 1.31. The molecule has 28 heavy (non-hydrogen) atoms. The lowest BCUT2D eigenvalue weighted by Crippen LogP contribution is -3.07. The first-order chi connectivity index (χ1) is 13.2. The summed E-state index contributed by atoms with van der Waals surface area (Å²) in [6, 6.07) is 13.9. The summed E-state index contributed by atoms with van der Waals surface area (Å²) in [6.07, 6.45) is 0. The second-order valence-electron chi connectivity index (χ2n) is 7.58. The Bertz CT molecular complexity index is 829. The van der Waals surface area contributed by atoms with E-state index in [1.807, 2.05) is 59.1 Å². The van der Waals surface area contributed by atoms with Gasteiger partial charge in [0.25, 0.3) is 0 Å². The van der Waals surface area contributed by atoms with Crippen LogP contribution in [0.1, 0.15) is 22.7 Å². The molecule has 6 nitrogen and oxygen atoms in total. The summed E-state index contributed by atoms with van der Waals surface area (Å²) in [5.74, 6) is -1.28. The third-order valence-corrected chi connectivity index (χ3v) is 4.95. The zero-order valence-electron chi connectivity index (χ0n) is 17.6. The Morgan fingerprint density at radius 3 is 2.14 bits per heavy atom. The molecule has 0 fully saturated rings. The highest BCUT2D eigenvalue weighted by atomic mass is 16.2. The fourth-order valence-electron chi connectivity index (χ4n) is 2.94. The fraction of sp³-hybridized carbons (Fsp3) is 0.364. The molecular weight excluding hydrogens is 352 g/mol. The zero-order chi connectivity index (χ0) is 20.8. The van der Waals surface area contributed by atoms with Crippen molar-refractivity contribution >= 4 is 23.2 Å². The molecule has 0 aliphatic carbocycles. The van der Waals surface area contributed by atoms with Crippen LogP contribution in [-0.4, -0.2) is 46.5 Å². The minimum Gasteiger partial charge on any atom is -0.378 e. The van der Waals surface area contributed by atoms with Gasteiger partial charge in [0.1, 0.15) is 6.04 Å². The van der Waals surface area contributed by atoms with Crippen LogP contribution in [0.3, 0.4) is 0 Å². The van der Waals surface area contributed by atoms with Crippen LogP contribution in [0.25, 0.3) is 0 Å². The van der Waals surface area contributed by atoms with Crippen molar-refractivity contribution in [2.45, 2.75) is 19.9 Å². The van der Waals surface area contributed by atoms with Crippen molar-refractivity contribution in [1.29, 1.82) is 0 Å². The lowest BCUT2D eigenvalue weighted by molar-refractivity contribution is -0.890. The first-order valence-electron chi connectivity index (χ1n) is 9.42. The number of nitrogens with one attached hydrogen (secondary N) is 3. The fourth-order valence-corrected chi connectivity index (χ4v) is 2.94. The van der Waals surface area contributed by atoms with Crippen molar-refractivity contribution in [3.8, 4) is 0 Å². The number of anilines is 2. The Kier molecular flexibility index (Phi) is 7.18. The average molecular weight is 384 g/mol. The normalized spacial score (nSPS) is 11.8. The van der Waals surface area contributed by atoms with Gasteiger partial charge in [0.15, 0.2) is 0 Å². The number of nitrogens with zero attached hydrogens (tertiary/aromatic N) is 1. The van der Waals surface area contributed by atoms with E-state index >= 15 is 0 Å². The van der Waals surface area contributed by atoms with Crippen molar-refractivity contribution in [3.63, 3.8) is 0 Å². The van der Waals surface area contributed by atoms with E-state index in [0.717, 1.165) is 22.4 Å². The number of likely N-dealkylation sites (N-methyl/N-ethyl adjacent to an activating group) is 1. The highest BCUT2D eigenvalue weighted by Crippen LogP contribution is 2.16. The number of carbonyl (C=O) groups excluding carboxylic acids is 2. The van der Waals surface area contributed by atoms with Gasteiger partial charge in [-0.2, -0.15) is 0 Å². The summed E-state index contributed by atoms with van der Waals surface area (Å²) in [4.78, 5) is 27.7. The van der Waals surface area contributed by atoms with Crippen molar-refractivity contribution < 1.29 is 14.5 Å². The van der Waals surface area contributed by atoms with Crippen LogP contribution in [0, 0.1) is 13.8 Å². The van der Waals surface area contributed by atoms with Gasteiger partial charge in [-0.1, -0.05) is 18.2 Å². The largest absolute Gasteiger partial charge is 0.378 e. The molecule has 1 atom stereocenters. The summed E-state index contributed by atoms with van der Waals surface area (Å²) in [6.45, 7) is 4.35. The Balaban J connectivity index is 1.99. The lowest BCUT2D eigenvalue weighted by Gasteiger charge is -2.23. The minimum atomic E-state index is -0.654. The van der Waals surface area contributed by atoms with Crippen LogP contribution in [0.5, 0.6) is 0 Å². The number of amides is 2. The summed E-state index contributed by atoms with van der Waals surface area (Å²) in [5.41, 5.74) is 5.06. The van der Waals surface area contributed by atoms with Crippen LogP contribution in [0.4, 0.5) is 11.4 Å². The van der Waals surface area contributed by atoms with Gasteiger partial charge in [0.2, 0.25) is 0 Å². The van der Waals surface area contributed by atoms with E-state index < -0.39 is 11.8 Å². The van der Waals surface area contributed by atoms with Gasteiger partial charge < -0.3 is 20.4 Å². The molecule has 2 amide bonds. The van der Waals surface area contributed by atoms with Crippen LogP contribution >= 0.6 is 0 Å². The zero-order valence-corrected chi connectivity index (χ0v) is 17.6. The third kappa shape index (κ3) is 5.57. The molecule has 0 heterocycles. The van der Waals surface area contributed by atoms with E-state index in [4.69, 9.17) is 0 Å². The number of hydrogen-bond donors (Lipinski definition) is 3. The molecule has 0 saturated carbocycles. The summed E-state index contributed by atoms with van der Waals surface area (Å²) in [5, 5.41) is 5.42. The molecule has 150 valence electrons. The van der Waals surface area contributed by atoms with Crippen LogP contribution in [0.2, 0.25) is 0 Å². The maximum absolute atomic E-state index is 12.3. The van der Waals surface area contributed by atoms with E-state index in [9.17, 15) is 9.59 Å². The maximum Gasteiger partial charge on any atom is 0.313 e. The Labute approximate surface area is 167 Å². The number of quaternary nitrogens is 1. The van der Waals surface area contributed by atoms with E-state index in [1.54, 1.807) is 6.07 Å². The topological polar surface area (TPSA) is 65.9 Å². The van der Waals surface area contributed by atoms with E-state index in [0.29, 0.717) is 12.2 Å². The molecule has 6 heteroatoms. The van der Waals surface area contributed by atoms with Crippen molar-refractivity contribution in [3.05, 3.63) is 59.2 Å². The number of rotatable bonds is 6. The smallest absolute Gasteiger partial charge is 0.313 e. The molecule has 0 bridgehead atoms. The average Bonchev–Trinajstić information content (AvgIpc) is 2.64. The molecule has 0 unspecified atom stereocenters. The molecule has 2 aromatic rings. The van der Waals surface area contributed by atoms with Crippen molar-refractivity contribution in [2.24, 2.45) is 0 Å². The third-order valence-electron chi connectivity index (χ3n) is 4.95. The van der Waals surface area contributed by atoms with Crippen molar-refractivity contribution in [1.82, 2.24) is 5.32 Å². The Hall–Kier alpha value is -2.86. The lowest BCUT2D eigenvalue weighted by atomic mass is 10.1. The molecule has 0 aliphatic rings. The van der Waals surface area contributed by atoms with Crippen LogP contribution < -0.4 is 20.4 Å². The van der Waals surface area contributed by atoms with E-state index in [2.05, 4.69) is 34.9 Å². The van der Waals surface area contributed by atoms with Gasteiger partial charge in [0.05, 0.1) is 20.6 Å². The highest BCUT2D eigenvalue weighted by Gasteiger charge is 2.21. The SMILES string of the molecule is Cc1ccc(NC(=O)C(=O)NC[C@@H](c2ccc(N(C)C)cc2)[NH+](C)C)cc1C. The standard InChI is InChI=1S/C22H30N4O2/c1-15-7-10-18(13-16(15)2)24-22(28)21(27)23-14-20(26(5)6)17-8-11-19(12-9-17)25(3)4/h7-13,20H,14H2,1-6H3,(H,23,27)(H,24,28)/p+1/t20-/m0/s1. The van der Waals surface area contributed by atoms with Gasteiger partial charge >= 0.3 is 11.8 Å². The van der Waals surface area contributed by atoms with E-state index in [1.165, 1.54) is 4.90 Å². The molecule has 0 aliphatic heterocycles. The minimum absolute atomic E-state index is 0.0505. The predicted molar refractivity (Wildman–Crippen MR) is 114 cm³/mol. The maximum atomic E-state index is 12.3. The molecule has 3 N–H and O–H groups in total. The van der Waals surface area contributed by atoms with Gasteiger partial charge in [0, 0.05) is 31.0 Å². The summed E-state index contributed by atoms with van der Waals surface area (Å²) in [7, 11) is 8.06. The van der Waals surface area contributed by atoms with Gasteiger partial charge in [-0.3, -0.25) is 9.59 Å². The van der Waals surface area contributed by atoms with Gasteiger partial charge in [-0.25, -0.2) is 0 Å². The molecule has 2 aromatic carbocycles. The van der Waals surface area contributed by atoms with Gasteiger partial charge in [-0.15, -0.1) is 0 Å². The molecule has 0 saturated heterocycles. The molecule has 0 aromatic heterocycles. The number of benzene rings is 2. The Morgan fingerprint density at radius 1 is 0.964 bits per heavy atom. The second kappa shape index (κ2) is 9.37. The highest BCUT2D eigenvalue weighted by molar-refractivity contribution is 6.39. The summed E-state index contributed by atoms with van der Waals surface area (Å²) < 4.78 is 0. The molecule has 0 spiro atoms. The first kappa shape index (κ1) is 21.4. The Morgan fingerprint density at radius 2 is 1.61 bits per heavy atom. The molecule has 0 radical (unpaired) electrons. The monoisotopic (exact) mass is 383 g/mol. The van der Waals surface area contributed by atoms with Crippen LogP contribution in [0.15, 0.2) is 42.5 Å². The number of aryl methyl sites for hydroxylation is 2. The summed E-state index contributed by atoms with van der Waals surface area (Å²) >= 11 is 0.